The lowest BCUT2D eigenvalue weighted by Crippen LogP contribution is -2.48. The van der Waals surface area contributed by atoms with Gasteiger partial charge in [0.2, 0.25) is 0 Å². The predicted molar refractivity (Wildman–Crippen MR) is 178 cm³/mol. The number of benzene rings is 3. The Bertz CT molecular complexity index is 1560. The zero-order chi connectivity index (χ0) is 33.4. The van der Waals surface area contributed by atoms with E-state index >= 15 is 0 Å². The van der Waals surface area contributed by atoms with Gasteiger partial charge in [0.1, 0.15) is 23.7 Å². The summed E-state index contributed by atoms with van der Waals surface area (Å²) in [5.74, 6) is 0.258. The van der Waals surface area contributed by atoms with E-state index in [2.05, 4.69) is 9.80 Å². The first-order valence-electron chi connectivity index (χ1n) is 15.4. The fourth-order valence-corrected chi connectivity index (χ4v) is 6.73. The maximum absolute atomic E-state index is 13.2. The zero-order valence-electron chi connectivity index (χ0n) is 26.0. The largest absolute Gasteiger partial charge is 0.490 e. The number of likely N-dealkylation sites (tertiary alicyclic amines) is 2. The Labute approximate surface area is 280 Å². The van der Waals surface area contributed by atoms with Crippen molar-refractivity contribution < 1.29 is 32.0 Å². The van der Waals surface area contributed by atoms with Crippen molar-refractivity contribution in [3.63, 3.8) is 0 Å². The van der Waals surface area contributed by atoms with Crippen LogP contribution in [0.3, 0.4) is 0 Å². The zero-order valence-corrected chi connectivity index (χ0v) is 28.4. The molecule has 46 heavy (non-hydrogen) atoms. The summed E-state index contributed by atoms with van der Waals surface area (Å²) in [6.45, 7) is 8.36. The molecular formula is C34H41Cl2FN2O6S. The second kappa shape index (κ2) is 16.4. The van der Waals surface area contributed by atoms with Crippen LogP contribution in [0, 0.1) is 25.6 Å². The molecule has 0 aliphatic carbocycles. The van der Waals surface area contributed by atoms with E-state index in [-0.39, 0.29) is 16.8 Å². The summed E-state index contributed by atoms with van der Waals surface area (Å²) < 4.78 is 49.0. The van der Waals surface area contributed by atoms with Gasteiger partial charge in [0.25, 0.3) is 10.1 Å². The molecule has 8 nitrogen and oxygen atoms in total. The SMILES string of the molecule is Cc1c(OC2CCN(CC3CCN([C@@H](Cc4ccc(F)cc4)C(=O)O)CC3)CC2)ccc(Cl)c1Cl.Cc1ccc(S(=O)(=O)O)cc1. The lowest BCUT2D eigenvalue weighted by Gasteiger charge is -2.39. The summed E-state index contributed by atoms with van der Waals surface area (Å²) in [6, 6.07) is 15.2. The Kier molecular flexibility index (Phi) is 12.9. The average molecular weight is 696 g/mol. The minimum absolute atomic E-state index is 0.0666. The first-order chi connectivity index (χ1) is 21.8. The third-order valence-electron chi connectivity index (χ3n) is 8.67. The van der Waals surface area contributed by atoms with Crippen LogP contribution in [-0.4, -0.2) is 78.7 Å². The summed E-state index contributed by atoms with van der Waals surface area (Å²) in [7, 11) is -4.02. The van der Waals surface area contributed by atoms with Gasteiger partial charge in [0, 0.05) is 25.2 Å². The molecule has 2 N–H and O–H groups in total. The number of ether oxygens (including phenoxy) is 1. The number of aliphatic carboxylic acids is 1. The maximum Gasteiger partial charge on any atom is 0.321 e. The standard InChI is InChI=1S/C27H33Cl2FN2O3.C7H8O3S/c1-18-25(7-6-23(28)26(18)29)35-22-10-12-31(13-11-22)17-20-8-14-32(15-9-20)24(27(33)34)16-19-2-4-21(30)5-3-19;1-6-2-4-7(5-3-6)11(8,9)10/h2-7,20,22,24H,8-17H2,1H3,(H,33,34);2-5H,1H3,(H,8,9,10)/t24-;/m0./s1. The Morgan fingerprint density at radius 1 is 0.935 bits per heavy atom. The molecule has 3 aromatic carbocycles. The number of carboxylic acids is 1. The number of aryl methyl sites for hydroxylation is 1. The van der Waals surface area contributed by atoms with Crippen LogP contribution in [0.25, 0.3) is 0 Å². The van der Waals surface area contributed by atoms with Gasteiger partial charge in [0.15, 0.2) is 0 Å². The molecule has 1 atom stereocenters. The molecule has 2 heterocycles. The summed E-state index contributed by atoms with van der Waals surface area (Å²) in [6.07, 6.45) is 4.49. The molecule has 2 aliphatic heterocycles. The summed E-state index contributed by atoms with van der Waals surface area (Å²) in [5, 5.41) is 10.9. The number of carbonyl (C=O) groups is 1. The van der Waals surface area contributed by atoms with Crippen LogP contribution in [0.5, 0.6) is 5.75 Å². The molecule has 2 fully saturated rings. The van der Waals surface area contributed by atoms with Crippen molar-refractivity contribution in [2.45, 2.75) is 63.0 Å². The maximum atomic E-state index is 13.2. The molecule has 12 heteroatoms. The lowest BCUT2D eigenvalue weighted by molar-refractivity contribution is -0.144. The van der Waals surface area contributed by atoms with Crippen molar-refractivity contribution in [2.75, 3.05) is 32.7 Å². The average Bonchev–Trinajstić information content (AvgIpc) is 3.02. The van der Waals surface area contributed by atoms with E-state index < -0.39 is 22.1 Å². The van der Waals surface area contributed by atoms with Gasteiger partial charge in [0.05, 0.1) is 14.9 Å². The number of nitrogens with zero attached hydrogens (tertiary/aromatic N) is 2. The van der Waals surface area contributed by atoms with Crippen LogP contribution in [0.1, 0.15) is 42.4 Å². The normalized spacial score (nSPS) is 17.6. The van der Waals surface area contributed by atoms with Crippen molar-refractivity contribution >= 4 is 39.3 Å². The molecule has 0 bridgehead atoms. The smallest absolute Gasteiger partial charge is 0.321 e. The summed E-state index contributed by atoms with van der Waals surface area (Å²) >= 11 is 12.3. The fourth-order valence-electron chi connectivity index (χ4n) is 5.89. The number of piperidine rings is 2. The molecule has 0 amide bonds. The highest BCUT2D eigenvalue weighted by molar-refractivity contribution is 7.85. The lowest BCUT2D eigenvalue weighted by atomic mass is 9.93. The van der Waals surface area contributed by atoms with Crippen LogP contribution in [0.2, 0.25) is 10.0 Å². The van der Waals surface area contributed by atoms with Crippen LogP contribution in [-0.2, 0) is 21.3 Å². The Hall–Kier alpha value is -2.73. The first-order valence-corrected chi connectivity index (χ1v) is 17.6. The Balaban J connectivity index is 0.000000369. The van der Waals surface area contributed by atoms with Gasteiger partial charge in [-0.1, -0.05) is 53.0 Å². The molecule has 0 spiro atoms. The molecule has 0 saturated carbocycles. The molecule has 0 aromatic heterocycles. The van der Waals surface area contributed by atoms with Crippen molar-refractivity contribution in [3.8, 4) is 5.75 Å². The molecular weight excluding hydrogens is 654 g/mol. The minimum atomic E-state index is -4.02. The number of halogens is 3. The highest BCUT2D eigenvalue weighted by Crippen LogP contribution is 2.33. The van der Waals surface area contributed by atoms with Crippen molar-refractivity contribution in [2.24, 2.45) is 5.92 Å². The molecule has 2 saturated heterocycles. The highest BCUT2D eigenvalue weighted by atomic mass is 35.5. The summed E-state index contributed by atoms with van der Waals surface area (Å²) in [4.78, 5) is 16.5. The molecule has 250 valence electrons. The number of carboxylic acid groups (broad SMARTS) is 1. The van der Waals surface area contributed by atoms with E-state index in [1.807, 2.05) is 19.9 Å². The molecule has 0 radical (unpaired) electrons. The fraction of sp³-hybridized carbons (Fsp3) is 0.441. The molecule has 3 aromatic rings. The van der Waals surface area contributed by atoms with Gasteiger partial charge >= 0.3 is 5.97 Å². The van der Waals surface area contributed by atoms with Crippen molar-refractivity contribution in [1.29, 1.82) is 0 Å². The predicted octanol–water partition coefficient (Wildman–Crippen LogP) is 6.93. The van der Waals surface area contributed by atoms with E-state index in [1.54, 1.807) is 30.3 Å². The van der Waals surface area contributed by atoms with Gasteiger partial charge < -0.3 is 14.7 Å². The van der Waals surface area contributed by atoms with E-state index in [4.69, 9.17) is 32.5 Å². The third kappa shape index (κ3) is 10.4. The van der Waals surface area contributed by atoms with Crippen molar-refractivity contribution in [1.82, 2.24) is 9.80 Å². The van der Waals surface area contributed by atoms with Gasteiger partial charge in [-0.05, 0) is 107 Å². The highest BCUT2D eigenvalue weighted by Gasteiger charge is 2.31. The second-order valence-electron chi connectivity index (χ2n) is 12.1. The van der Waals surface area contributed by atoms with Gasteiger partial charge in [-0.3, -0.25) is 14.2 Å². The molecule has 5 rings (SSSR count). The van der Waals surface area contributed by atoms with E-state index in [0.717, 1.165) is 80.8 Å². The number of hydrogen-bond acceptors (Lipinski definition) is 6. The van der Waals surface area contributed by atoms with Crippen molar-refractivity contribution in [3.05, 3.63) is 93.2 Å². The van der Waals surface area contributed by atoms with E-state index in [9.17, 15) is 22.7 Å². The third-order valence-corrected chi connectivity index (χ3v) is 10.4. The monoisotopic (exact) mass is 694 g/mol. The van der Waals surface area contributed by atoms with Gasteiger partial charge in [-0.25, -0.2) is 4.39 Å². The number of hydrogen-bond donors (Lipinski definition) is 2. The van der Waals surface area contributed by atoms with Crippen LogP contribution >= 0.6 is 23.2 Å². The molecule has 2 aliphatic rings. The molecule has 0 unspecified atom stereocenters. The van der Waals surface area contributed by atoms with E-state index in [0.29, 0.717) is 22.4 Å². The second-order valence-corrected chi connectivity index (χ2v) is 14.3. The van der Waals surface area contributed by atoms with Gasteiger partial charge in [-0.2, -0.15) is 8.42 Å². The van der Waals surface area contributed by atoms with Crippen LogP contribution in [0.4, 0.5) is 4.39 Å². The van der Waals surface area contributed by atoms with Crippen LogP contribution in [0.15, 0.2) is 65.6 Å². The topological polar surface area (TPSA) is 107 Å². The minimum Gasteiger partial charge on any atom is -0.490 e. The first kappa shape index (κ1) is 36.1. The van der Waals surface area contributed by atoms with Crippen LogP contribution < -0.4 is 4.74 Å². The Morgan fingerprint density at radius 3 is 2.11 bits per heavy atom. The quantitative estimate of drug-likeness (QED) is 0.232. The van der Waals surface area contributed by atoms with Gasteiger partial charge in [-0.15, -0.1) is 0 Å². The number of rotatable bonds is 9. The summed E-state index contributed by atoms with van der Waals surface area (Å²) in [5.41, 5.74) is 2.69. The Morgan fingerprint density at radius 2 is 1.54 bits per heavy atom. The van der Waals surface area contributed by atoms with E-state index in [1.165, 1.54) is 24.3 Å².